The third-order valence-corrected chi connectivity index (χ3v) is 3.66. The largest absolute Gasteiger partial charge is 0.491 e. The highest BCUT2D eigenvalue weighted by Crippen LogP contribution is 2.42. The van der Waals surface area contributed by atoms with E-state index in [-0.39, 0.29) is 12.1 Å². The Morgan fingerprint density at radius 1 is 1.28 bits per heavy atom. The lowest BCUT2D eigenvalue weighted by atomic mass is 9.91. The van der Waals surface area contributed by atoms with Gasteiger partial charge in [0.25, 0.3) is 0 Å². The highest BCUT2D eigenvalue weighted by atomic mass is 16.5. The molecule has 1 aromatic carbocycles. The molecule has 2 atom stereocenters. The Labute approximate surface area is 110 Å². The fourth-order valence-corrected chi connectivity index (χ4v) is 2.50. The summed E-state index contributed by atoms with van der Waals surface area (Å²) in [6, 6.07) is 8.48. The Bertz CT molecular complexity index is 388. The quantitative estimate of drug-likeness (QED) is 0.601. The maximum Gasteiger partial charge on any atom is 0.120 e. The van der Waals surface area contributed by atoms with Crippen LogP contribution in [0.3, 0.4) is 0 Å². The second-order valence-electron chi connectivity index (χ2n) is 5.58. The predicted molar refractivity (Wildman–Crippen MR) is 74.2 cm³/mol. The van der Waals surface area contributed by atoms with Crippen molar-refractivity contribution in [2.75, 3.05) is 0 Å². The first-order valence-electron chi connectivity index (χ1n) is 6.84. The summed E-state index contributed by atoms with van der Waals surface area (Å²) < 4.78 is 5.74. The molecule has 1 saturated carbocycles. The SMILES string of the molecule is CC(C)Oc1cccc(C(NN)C(C)C2CC2)c1. The smallest absolute Gasteiger partial charge is 0.120 e. The highest BCUT2D eigenvalue weighted by Gasteiger charge is 2.33. The van der Waals surface area contributed by atoms with E-state index >= 15 is 0 Å². The first-order chi connectivity index (χ1) is 8.61. The molecule has 0 heterocycles. The van der Waals surface area contributed by atoms with Crippen molar-refractivity contribution in [3.8, 4) is 5.75 Å². The molecular formula is C15H24N2O. The number of nitrogens with two attached hydrogens (primary N) is 1. The highest BCUT2D eigenvalue weighted by molar-refractivity contribution is 5.31. The number of ether oxygens (including phenoxy) is 1. The molecule has 0 amide bonds. The van der Waals surface area contributed by atoms with Crippen molar-refractivity contribution in [3.05, 3.63) is 29.8 Å². The molecule has 2 rings (SSSR count). The average molecular weight is 248 g/mol. The molecule has 0 spiro atoms. The Hall–Kier alpha value is -1.06. The molecule has 18 heavy (non-hydrogen) atoms. The Kier molecular flexibility index (Phi) is 4.25. The van der Waals surface area contributed by atoms with Gasteiger partial charge < -0.3 is 4.74 Å². The van der Waals surface area contributed by atoms with Gasteiger partial charge in [-0.05, 0) is 56.2 Å². The van der Waals surface area contributed by atoms with Crippen LogP contribution in [0, 0.1) is 11.8 Å². The molecule has 1 aliphatic carbocycles. The maximum atomic E-state index is 5.74. The number of hydrazine groups is 1. The number of hydrogen-bond acceptors (Lipinski definition) is 3. The van der Waals surface area contributed by atoms with E-state index < -0.39 is 0 Å². The van der Waals surface area contributed by atoms with Gasteiger partial charge >= 0.3 is 0 Å². The Morgan fingerprint density at radius 2 is 2.00 bits per heavy atom. The molecule has 2 unspecified atom stereocenters. The predicted octanol–water partition coefficient (Wildman–Crippen LogP) is 3.02. The van der Waals surface area contributed by atoms with Gasteiger partial charge in [-0.15, -0.1) is 0 Å². The van der Waals surface area contributed by atoms with Crippen molar-refractivity contribution < 1.29 is 4.74 Å². The molecule has 100 valence electrons. The fraction of sp³-hybridized carbons (Fsp3) is 0.600. The Balaban J connectivity index is 2.14. The minimum Gasteiger partial charge on any atom is -0.491 e. The normalized spacial score (nSPS) is 18.7. The van der Waals surface area contributed by atoms with Gasteiger partial charge in [-0.3, -0.25) is 11.3 Å². The van der Waals surface area contributed by atoms with Crippen LogP contribution in [-0.4, -0.2) is 6.10 Å². The van der Waals surface area contributed by atoms with Crippen molar-refractivity contribution in [1.82, 2.24) is 5.43 Å². The van der Waals surface area contributed by atoms with Crippen LogP contribution in [0.2, 0.25) is 0 Å². The summed E-state index contributed by atoms with van der Waals surface area (Å²) in [7, 11) is 0. The van der Waals surface area contributed by atoms with Crippen LogP contribution >= 0.6 is 0 Å². The molecule has 0 aromatic heterocycles. The first kappa shape index (κ1) is 13.4. The van der Waals surface area contributed by atoms with Crippen molar-refractivity contribution in [2.45, 2.75) is 45.8 Å². The lowest BCUT2D eigenvalue weighted by molar-refractivity contribution is 0.241. The van der Waals surface area contributed by atoms with Gasteiger partial charge in [-0.25, -0.2) is 0 Å². The summed E-state index contributed by atoms with van der Waals surface area (Å²) in [6.07, 6.45) is 2.87. The molecule has 1 aliphatic rings. The van der Waals surface area contributed by atoms with E-state index in [1.165, 1.54) is 18.4 Å². The number of rotatable bonds is 6. The van der Waals surface area contributed by atoms with Gasteiger partial charge in [-0.1, -0.05) is 19.1 Å². The van der Waals surface area contributed by atoms with Crippen LogP contribution in [0.5, 0.6) is 5.75 Å². The number of hydrogen-bond donors (Lipinski definition) is 2. The van der Waals surface area contributed by atoms with Crippen LogP contribution in [0.25, 0.3) is 0 Å². The van der Waals surface area contributed by atoms with E-state index in [0.717, 1.165) is 11.7 Å². The molecule has 0 aliphatic heterocycles. The fourth-order valence-electron chi connectivity index (χ4n) is 2.50. The molecule has 3 heteroatoms. The topological polar surface area (TPSA) is 47.3 Å². The van der Waals surface area contributed by atoms with Gasteiger partial charge in [0.2, 0.25) is 0 Å². The van der Waals surface area contributed by atoms with E-state index in [1.807, 2.05) is 26.0 Å². The van der Waals surface area contributed by atoms with Crippen molar-refractivity contribution >= 4 is 0 Å². The average Bonchev–Trinajstić information content (AvgIpc) is 3.13. The summed E-state index contributed by atoms with van der Waals surface area (Å²) >= 11 is 0. The van der Waals surface area contributed by atoms with Crippen LogP contribution in [0.4, 0.5) is 0 Å². The lowest BCUT2D eigenvalue weighted by Crippen LogP contribution is -2.33. The summed E-state index contributed by atoms with van der Waals surface area (Å²) in [4.78, 5) is 0. The van der Waals surface area contributed by atoms with E-state index in [0.29, 0.717) is 5.92 Å². The van der Waals surface area contributed by atoms with Gasteiger partial charge in [-0.2, -0.15) is 0 Å². The molecule has 3 N–H and O–H groups in total. The van der Waals surface area contributed by atoms with Crippen LogP contribution in [0.1, 0.15) is 45.2 Å². The van der Waals surface area contributed by atoms with Crippen LogP contribution in [-0.2, 0) is 0 Å². The zero-order valence-electron chi connectivity index (χ0n) is 11.5. The number of nitrogens with one attached hydrogen (secondary N) is 1. The summed E-state index contributed by atoms with van der Waals surface area (Å²) in [5.41, 5.74) is 4.18. The molecule has 1 aromatic rings. The molecular weight excluding hydrogens is 224 g/mol. The summed E-state index contributed by atoms with van der Waals surface area (Å²) in [5.74, 6) is 8.05. The second-order valence-corrected chi connectivity index (χ2v) is 5.58. The molecule has 3 nitrogen and oxygen atoms in total. The summed E-state index contributed by atoms with van der Waals surface area (Å²) in [6.45, 7) is 6.36. The van der Waals surface area contributed by atoms with Gasteiger partial charge in [0, 0.05) is 6.04 Å². The third-order valence-electron chi connectivity index (χ3n) is 3.66. The standard InChI is InChI=1S/C15H24N2O/c1-10(2)18-14-6-4-5-13(9-14)15(17-16)11(3)12-7-8-12/h4-6,9-12,15,17H,7-8,16H2,1-3H3. The van der Waals surface area contributed by atoms with E-state index in [4.69, 9.17) is 10.6 Å². The third kappa shape index (κ3) is 3.24. The second kappa shape index (κ2) is 5.72. The van der Waals surface area contributed by atoms with Crippen molar-refractivity contribution in [1.29, 1.82) is 0 Å². The molecule has 0 radical (unpaired) electrons. The number of benzene rings is 1. The van der Waals surface area contributed by atoms with E-state index in [1.54, 1.807) is 0 Å². The van der Waals surface area contributed by atoms with Gasteiger partial charge in [0.15, 0.2) is 0 Å². The molecule has 1 fully saturated rings. The minimum absolute atomic E-state index is 0.199. The van der Waals surface area contributed by atoms with Crippen LogP contribution < -0.4 is 16.0 Å². The minimum atomic E-state index is 0.199. The monoisotopic (exact) mass is 248 g/mol. The van der Waals surface area contributed by atoms with Crippen LogP contribution in [0.15, 0.2) is 24.3 Å². The van der Waals surface area contributed by atoms with Gasteiger partial charge in [0.05, 0.1) is 6.10 Å². The lowest BCUT2D eigenvalue weighted by Gasteiger charge is -2.24. The van der Waals surface area contributed by atoms with Crippen molar-refractivity contribution in [3.63, 3.8) is 0 Å². The zero-order chi connectivity index (χ0) is 13.1. The summed E-state index contributed by atoms with van der Waals surface area (Å²) in [5, 5.41) is 0. The van der Waals surface area contributed by atoms with E-state index in [9.17, 15) is 0 Å². The molecule has 0 bridgehead atoms. The zero-order valence-corrected chi connectivity index (χ0v) is 11.5. The molecule has 0 saturated heterocycles. The first-order valence-corrected chi connectivity index (χ1v) is 6.84. The Morgan fingerprint density at radius 3 is 2.56 bits per heavy atom. The van der Waals surface area contributed by atoms with E-state index in [2.05, 4.69) is 24.5 Å². The van der Waals surface area contributed by atoms with Crippen molar-refractivity contribution in [2.24, 2.45) is 17.7 Å². The van der Waals surface area contributed by atoms with Gasteiger partial charge in [0.1, 0.15) is 5.75 Å². The maximum absolute atomic E-state index is 5.74.